The van der Waals surface area contributed by atoms with Gasteiger partial charge in [-0.15, -0.1) is 0 Å². The zero-order valence-electron chi connectivity index (χ0n) is 12.7. The minimum Gasteiger partial charge on any atom is -0.357 e. The van der Waals surface area contributed by atoms with Crippen molar-refractivity contribution in [1.82, 2.24) is 15.5 Å². The van der Waals surface area contributed by atoms with Crippen molar-refractivity contribution < 1.29 is 9.59 Å². The van der Waals surface area contributed by atoms with Gasteiger partial charge < -0.3 is 15.5 Å². The van der Waals surface area contributed by atoms with Crippen LogP contribution in [0, 0.1) is 0 Å². The van der Waals surface area contributed by atoms with Gasteiger partial charge in [-0.2, -0.15) is 0 Å². The lowest BCUT2D eigenvalue weighted by molar-refractivity contribution is -0.147. The zero-order valence-corrected chi connectivity index (χ0v) is 12.7. The second-order valence-electron chi connectivity index (χ2n) is 5.99. The number of amides is 2. The highest BCUT2D eigenvalue weighted by molar-refractivity contribution is 5.92. The molecule has 0 aromatic carbocycles. The third-order valence-electron chi connectivity index (χ3n) is 4.64. The van der Waals surface area contributed by atoms with E-state index in [2.05, 4.69) is 17.6 Å². The Hall–Kier alpha value is -1.10. The van der Waals surface area contributed by atoms with Crippen LogP contribution in [-0.4, -0.2) is 48.4 Å². The zero-order chi connectivity index (χ0) is 14.6. The molecule has 5 nitrogen and oxygen atoms in total. The SMILES string of the molecule is CCCC1(C(=O)N2CCCCC2C(=O)NC)CCCN1. The molecule has 0 aromatic rings. The minimum atomic E-state index is -0.418. The number of likely N-dealkylation sites (N-methyl/N-ethyl adjacent to an activating group) is 1. The van der Waals surface area contributed by atoms with Gasteiger partial charge in [0.2, 0.25) is 11.8 Å². The van der Waals surface area contributed by atoms with E-state index in [0.717, 1.165) is 51.5 Å². The highest BCUT2D eigenvalue weighted by Crippen LogP contribution is 2.30. The molecule has 2 fully saturated rings. The molecule has 2 aliphatic rings. The maximum absolute atomic E-state index is 13.0. The lowest BCUT2D eigenvalue weighted by atomic mass is 9.88. The molecule has 2 aliphatic heterocycles. The highest BCUT2D eigenvalue weighted by atomic mass is 16.2. The van der Waals surface area contributed by atoms with Gasteiger partial charge in [-0.25, -0.2) is 0 Å². The second-order valence-corrected chi connectivity index (χ2v) is 5.99. The Bertz CT molecular complexity index is 364. The molecule has 2 amide bonds. The molecular formula is C15H27N3O2. The molecule has 0 spiro atoms. The molecule has 0 aromatic heterocycles. The summed E-state index contributed by atoms with van der Waals surface area (Å²) in [6, 6.07) is -0.280. The topological polar surface area (TPSA) is 61.4 Å². The normalized spacial score (nSPS) is 30.3. The van der Waals surface area contributed by atoms with Gasteiger partial charge in [-0.1, -0.05) is 13.3 Å². The summed E-state index contributed by atoms with van der Waals surface area (Å²) >= 11 is 0. The summed E-state index contributed by atoms with van der Waals surface area (Å²) in [5.41, 5.74) is -0.418. The average Bonchev–Trinajstić information content (AvgIpc) is 2.96. The summed E-state index contributed by atoms with van der Waals surface area (Å²) in [6.45, 7) is 3.73. The number of hydrogen-bond donors (Lipinski definition) is 2. The van der Waals surface area contributed by atoms with Crippen LogP contribution in [0.3, 0.4) is 0 Å². The first-order valence-corrected chi connectivity index (χ1v) is 7.92. The molecule has 2 atom stereocenters. The van der Waals surface area contributed by atoms with Gasteiger partial charge in [-0.3, -0.25) is 9.59 Å². The minimum absolute atomic E-state index is 0.0253. The quantitative estimate of drug-likeness (QED) is 0.809. The van der Waals surface area contributed by atoms with Crippen LogP contribution in [0.1, 0.15) is 51.9 Å². The van der Waals surface area contributed by atoms with E-state index in [-0.39, 0.29) is 17.9 Å². The Morgan fingerprint density at radius 3 is 2.75 bits per heavy atom. The number of rotatable bonds is 4. The summed E-state index contributed by atoms with van der Waals surface area (Å²) in [4.78, 5) is 26.9. The first-order valence-electron chi connectivity index (χ1n) is 7.92. The number of likely N-dealkylation sites (tertiary alicyclic amines) is 1. The van der Waals surface area contributed by atoms with Gasteiger partial charge in [0.1, 0.15) is 6.04 Å². The number of carbonyl (C=O) groups excluding carboxylic acids is 2. The van der Waals surface area contributed by atoms with Crippen molar-refractivity contribution in [3.05, 3.63) is 0 Å². The molecule has 0 aliphatic carbocycles. The summed E-state index contributed by atoms with van der Waals surface area (Å²) in [5.74, 6) is 0.118. The highest BCUT2D eigenvalue weighted by Gasteiger charge is 2.45. The van der Waals surface area contributed by atoms with Gasteiger partial charge in [0, 0.05) is 13.6 Å². The lowest BCUT2D eigenvalue weighted by Crippen LogP contribution is -2.61. The van der Waals surface area contributed by atoms with Gasteiger partial charge in [0.25, 0.3) is 0 Å². The molecule has 2 unspecified atom stereocenters. The molecule has 2 rings (SSSR count). The predicted octanol–water partition coefficient (Wildman–Crippen LogP) is 1.04. The molecule has 5 heteroatoms. The molecule has 2 heterocycles. The Balaban J connectivity index is 2.17. The van der Waals surface area contributed by atoms with Crippen molar-refractivity contribution in [3.8, 4) is 0 Å². The molecule has 0 bridgehead atoms. The maximum Gasteiger partial charge on any atom is 0.243 e. The number of carbonyl (C=O) groups is 2. The monoisotopic (exact) mass is 281 g/mol. The summed E-state index contributed by atoms with van der Waals surface area (Å²) in [5, 5.41) is 6.12. The van der Waals surface area contributed by atoms with Crippen molar-refractivity contribution in [2.75, 3.05) is 20.1 Å². The van der Waals surface area contributed by atoms with Crippen molar-refractivity contribution in [2.45, 2.75) is 63.5 Å². The van der Waals surface area contributed by atoms with Gasteiger partial charge in [0.15, 0.2) is 0 Å². The van der Waals surface area contributed by atoms with Crippen LogP contribution < -0.4 is 10.6 Å². The molecule has 2 saturated heterocycles. The molecule has 0 radical (unpaired) electrons. The summed E-state index contributed by atoms with van der Waals surface area (Å²) in [7, 11) is 1.65. The molecule has 114 valence electrons. The molecular weight excluding hydrogens is 254 g/mol. The standard InChI is InChI=1S/C15H27N3O2/c1-3-8-15(9-6-10-17-15)14(20)18-11-5-4-7-12(18)13(19)16-2/h12,17H,3-11H2,1-2H3,(H,16,19). The van der Waals surface area contributed by atoms with Crippen LogP contribution in [0.4, 0.5) is 0 Å². The van der Waals surface area contributed by atoms with E-state index in [0.29, 0.717) is 6.54 Å². The largest absolute Gasteiger partial charge is 0.357 e. The number of nitrogens with zero attached hydrogens (tertiary/aromatic N) is 1. The van der Waals surface area contributed by atoms with Crippen LogP contribution in [0.15, 0.2) is 0 Å². The lowest BCUT2D eigenvalue weighted by Gasteiger charge is -2.40. The Kier molecular flexibility index (Phi) is 5.02. The van der Waals surface area contributed by atoms with E-state index in [9.17, 15) is 9.59 Å². The van der Waals surface area contributed by atoms with Crippen molar-refractivity contribution in [1.29, 1.82) is 0 Å². The first-order chi connectivity index (χ1) is 9.64. The van der Waals surface area contributed by atoms with E-state index >= 15 is 0 Å². The number of piperidine rings is 1. The van der Waals surface area contributed by atoms with Crippen LogP contribution in [0.2, 0.25) is 0 Å². The van der Waals surface area contributed by atoms with Crippen LogP contribution in [0.25, 0.3) is 0 Å². The number of nitrogens with one attached hydrogen (secondary N) is 2. The van der Waals surface area contributed by atoms with E-state index < -0.39 is 5.54 Å². The number of hydrogen-bond acceptors (Lipinski definition) is 3. The predicted molar refractivity (Wildman–Crippen MR) is 78.3 cm³/mol. The molecule has 20 heavy (non-hydrogen) atoms. The summed E-state index contributed by atoms with van der Waals surface area (Å²) < 4.78 is 0. The van der Waals surface area contributed by atoms with Crippen LogP contribution in [-0.2, 0) is 9.59 Å². The fourth-order valence-corrected chi connectivity index (χ4v) is 3.62. The average molecular weight is 281 g/mol. The third kappa shape index (κ3) is 2.82. The fraction of sp³-hybridized carbons (Fsp3) is 0.867. The fourth-order valence-electron chi connectivity index (χ4n) is 3.62. The van der Waals surface area contributed by atoms with Crippen molar-refractivity contribution in [3.63, 3.8) is 0 Å². The maximum atomic E-state index is 13.0. The van der Waals surface area contributed by atoms with E-state index in [4.69, 9.17) is 0 Å². The van der Waals surface area contributed by atoms with E-state index in [1.165, 1.54) is 0 Å². The molecule has 0 saturated carbocycles. The van der Waals surface area contributed by atoms with E-state index in [1.54, 1.807) is 7.05 Å². The Morgan fingerprint density at radius 2 is 2.15 bits per heavy atom. The Labute approximate surface area is 121 Å². The second kappa shape index (κ2) is 6.57. The van der Waals surface area contributed by atoms with Gasteiger partial charge in [-0.05, 0) is 45.1 Å². The first kappa shape index (κ1) is 15.3. The Morgan fingerprint density at radius 1 is 1.35 bits per heavy atom. The smallest absolute Gasteiger partial charge is 0.243 e. The third-order valence-corrected chi connectivity index (χ3v) is 4.64. The molecule has 2 N–H and O–H groups in total. The van der Waals surface area contributed by atoms with Crippen molar-refractivity contribution in [2.24, 2.45) is 0 Å². The van der Waals surface area contributed by atoms with Crippen molar-refractivity contribution >= 4 is 11.8 Å². The van der Waals surface area contributed by atoms with Crippen LogP contribution >= 0.6 is 0 Å². The van der Waals surface area contributed by atoms with Gasteiger partial charge >= 0.3 is 0 Å². The van der Waals surface area contributed by atoms with Crippen LogP contribution in [0.5, 0.6) is 0 Å². The summed E-state index contributed by atoms with van der Waals surface area (Å²) in [6.07, 6.45) is 6.60. The van der Waals surface area contributed by atoms with Gasteiger partial charge in [0.05, 0.1) is 5.54 Å². The van der Waals surface area contributed by atoms with E-state index in [1.807, 2.05) is 4.90 Å².